The Bertz CT molecular complexity index is 2100. The zero-order valence-corrected chi connectivity index (χ0v) is 42.0. The van der Waals surface area contributed by atoms with E-state index in [0.717, 1.165) is 11.1 Å². The van der Waals surface area contributed by atoms with E-state index >= 15 is 0 Å². The number of Topliss-reactive ketones (excluding diaryl/α,β-unsaturated/α-hetero) is 1. The van der Waals surface area contributed by atoms with Gasteiger partial charge in [-0.3, -0.25) is 43.4 Å². The number of esters is 2. The van der Waals surface area contributed by atoms with Crippen molar-refractivity contribution >= 4 is 112 Å². The minimum atomic E-state index is -1.24. The van der Waals surface area contributed by atoms with Crippen LogP contribution in [0.3, 0.4) is 0 Å². The van der Waals surface area contributed by atoms with Gasteiger partial charge in [-0.25, -0.2) is 9.59 Å². The summed E-state index contributed by atoms with van der Waals surface area (Å²) in [5, 5.41) is 27.3. The largest absolute Gasteiger partial charge is 1.00 e. The monoisotopic (exact) mass is 991 g/mol. The second-order valence-corrected chi connectivity index (χ2v) is 16.4. The molecular weight excluding hydrogens is 955 g/mol. The van der Waals surface area contributed by atoms with Gasteiger partial charge in [-0.2, -0.15) is 0 Å². The molecule has 4 aliphatic rings. The Balaban J connectivity index is 0.000000947. The van der Waals surface area contributed by atoms with Crippen molar-refractivity contribution in [1.29, 1.82) is 0 Å². The molecular formula is C38H38Cl3N3Na2O15S2. The standard InChI is InChI=1S/C19H18ClNO6S.C10H12N2O5S.C8H6Cl2O.CH2O3.2Na.H/c1-10(22)27-8-12-9-28-18-15(17(24)21(18)16(12)19(25)26)7-14(23)6-11-2-4-13(20)5-3-11;1-4(13)17-2-5-3-18-9-6(11)8(14)12(9)7(5)10(15)16;9-7-3-1-6(2-4-7)5-8(10)11;2-1-4-3;;;/h2-5,15,18H,6-9H2,1H3,(H,25,26);6,9H,2-3,11H2,1H3,(H,15,16);1-4H,5H2;1,3H;;;/q;;;;2*+1;-1/p-1/t15-,18-;6-,9-;;;;;/m11...../s1. The molecule has 0 bridgehead atoms. The number of rotatable bonds is 13. The number of carbonyl (C=O) groups excluding carboxylic acids is 7. The molecule has 6 rings (SSSR count). The van der Waals surface area contributed by atoms with Gasteiger partial charge in [0.2, 0.25) is 17.1 Å². The van der Waals surface area contributed by atoms with Crippen molar-refractivity contribution in [2.24, 2.45) is 11.7 Å². The molecule has 2 aromatic carbocycles. The van der Waals surface area contributed by atoms with Crippen LogP contribution in [0.15, 0.2) is 71.1 Å². The topological polar surface area (TPSA) is 277 Å². The molecule has 4 atom stereocenters. The number of β-lactam (4-membered cyclic amide) rings is 2. The van der Waals surface area contributed by atoms with Crippen LogP contribution in [0.25, 0.3) is 0 Å². The van der Waals surface area contributed by atoms with E-state index in [-0.39, 0.29) is 133 Å². The number of fused-ring (bicyclic) bond motifs is 2. The predicted octanol–water partition coefficient (Wildman–Crippen LogP) is -3.39. The van der Waals surface area contributed by atoms with Gasteiger partial charge in [-0.05, 0) is 47.0 Å². The van der Waals surface area contributed by atoms with Gasteiger partial charge in [0.25, 0.3) is 6.47 Å². The minimum Gasteiger partial charge on any atom is -1.00 e. The van der Waals surface area contributed by atoms with Gasteiger partial charge >= 0.3 is 83.0 Å². The molecule has 0 radical (unpaired) electrons. The number of ether oxygens (including phenoxy) is 2. The number of halogens is 3. The van der Waals surface area contributed by atoms with Crippen LogP contribution in [-0.2, 0) is 70.4 Å². The summed E-state index contributed by atoms with van der Waals surface area (Å²) in [6.45, 7) is 2.01. The number of benzene rings is 2. The minimum absolute atomic E-state index is 0. The molecule has 2 saturated heterocycles. The number of thioether (sulfide) groups is 2. The number of carbonyl (C=O) groups is 9. The Morgan fingerprint density at radius 1 is 0.778 bits per heavy atom. The third-order valence-electron chi connectivity index (χ3n) is 8.61. The summed E-state index contributed by atoms with van der Waals surface area (Å²) in [4.78, 5) is 105. The van der Waals surface area contributed by atoms with Crippen LogP contribution in [0.5, 0.6) is 0 Å². The molecule has 0 spiro atoms. The van der Waals surface area contributed by atoms with Crippen LogP contribution < -0.4 is 70.1 Å². The number of hydrogen-bond donors (Lipinski definition) is 3. The first-order valence-electron chi connectivity index (χ1n) is 17.5. The number of ketones is 1. The van der Waals surface area contributed by atoms with E-state index < -0.39 is 47.1 Å². The Morgan fingerprint density at radius 3 is 1.56 bits per heavy atom. The summed E-state index contributed by atoms with van der Waals surface area (Å²) in [5.74, 6) is -4.20. The van der Waals surface area contributed by atoms with Gasteiger partial charge in [0, 0.05) is 65.8 Å². The first kappa shape index (κ1) is 58.1. The molecule has 330 valence electrons. The number of hydrogen-bond acceptors (Lipinski definition) is 16. The van der Waals surface area contributed by atoms with Crippen LogP contribution in [0, 0.1) is 5.92 Å². The van der Waals surface area contributed by atoms with E-state index in [9.17, 15) is 43.5 Å². The molecule has 63 heavy (non-hydrogen) atoms. The fraction of sp³-hybridized carbons (Fsp3) is 0.342. The average Bonchev–Trinajstić information content (AvgIpc) is 3.22. The maximum absolute atomic E-state index is 12.6. The number of aliphatic carboxylic acids is 2. The summed E-state index contributed by atoms with van der Waals surface area (Å²) in [6.07, 6.45) is 0.512. The zero-order valence-electron chi connectivity index (χ0n) is 35.1. The fourth-order valence-electron chi connectivity index (χ4n) is 5.91. The van der Waals surface area contributed by atoms with E-state index in [0.29, 0.717) is 32.7 Å². The van der Waals surface area contributed by atoms with E-state index in [4.69, 9.17) is 65.2 Å². The molecule has 2 amide bonds. The average molecular weight is 993 g/mol. The van der Waals surface area contributed by atoms with Gasteiger partial charge in [-0.15, -0.1) is 23.5 Å². The molecule has 2 aromatic rings. The second kappa shape index (κ2) is 28.2. The number of carboxylic acid groups (broad SMARTS) is 2. The third-order valence-corrected chi connectivity index (χ3v) is 12.0. The van der Waals surface area contributed by atoms with Crippen LogP contribution in [-0.4, -0.2) is 115 Å². The molecule has 18 nitrogen and oxygen atoms in total. The number of nitrogens with two attached hydrogens (primary N) is 1. The smallest absolute Gasteiger partial charge is 1.00 e. The van der Waals surface area contributed by atoms with Crippen LogP contribution in [0.1, 0.15) is 32.8 Å². The normalized spacial score (nSPS) is 19.0. The Morgan fingerprint density at radius 2 is 1.17 bits per heavy atom. The van der Waals surface area contributed by atoms with E-state index in [1.165, 1.54) is 47.2 Å². The van der Waals surface area contributed by atoms with Gasteiger partial charge in [-0.1, -0.05) is 47.5 Å². The Labute approximate surface area is 429 Å². The zero-order chi connectivity index (χ0) is 45.6. The number of amides is 2. The first-order chi connectivity index (χ1) is 28.8. The first-order valence-corrected chi connectivity index (χ1v) is 20.8. The summed E-state index contributed by atoms with van der Waals surface area (Å²) in [5.41, 5.74) is 7.83. The van der Waals surface area contributed by atoms with Crippen LogP contribution >= 0.6 is 58.3 Å². The SMILES string of the molecule is CC(=O)OCC1=C(C(=O)O)N2C(=O)[C@@H](CC(=O)Cc3ccc(Cl)cc3)[C@H]2SC1.CC(=O)OCC1=C(C(=O)O)N2C(=O)[C@@H](N)[C@H]2SC1.O=C(Cl)Cc1ccc(Cl)cc1.O=CO[O-].[H-].[Na+].[Na+]. The third kappa shape index (κ3) is 17.1. The Kier molecular flexibility index (Phi) is 26.0. The van der Waals surface area contributed by atoms with Crippen molar-refractivity contribution in [3.8, 4) is 0 Å². The van der Waals surface area contributed by atoms with Gasteiger partial charge in [0.05, 0.1) is 11.3 Å². The Hall–Kier alpha value is -2.96. The molecule has 0 saturated carbocycles. The van der Waals surface area contributed by atoms with Crippen molar-refractivity contribution in [3.63, 3.8) is 0 Å². The summed E-state index contributed by atoms with van der Waals surface area (Å²) >= 11 is 19.4. The van der Waals surface area contributed by atoms with Crippen molar-refractivity contribution in [1.82, 2.24) is 9.80 Å². The second-order valence-electron chi connectivity index (χ2n) is 12.9. The maximum Gasteiger partial charge on any atom is 1.00 e. The summed E-state index contributed by atoms with van der Waals surface area (Å²) in [6, 6.07) is 13.3. The van der Waals surface area contributed by atoms with Crippen LogP contribution in [0.2, 0.25) is 10.0 Å². The molecule has 4 heterocycles. The van der Waals surface area contributed by atoms with E-state index in [1.807, 2.05) is 0 Å². The van der Waals surface area contributed by atoms with Gasteiger partial charge < -0.3 is 37.0 Å². The number of carboxylic acids is 2. The van der Waals surface area contributed by atoms with Crippen LogP contribution in [0.4, 0.5) is 0 Å². The fourth-order valence-corrected chi connectivity index (χ4v) is 8.98. The van der Waals surface area contributed by atoms with Gasteiger partial charge in [0.1, 0.15) is 41.8 Å². The number of nitrogens with zero attached hydrogens (tertiary/aromatic N) is 2. The van der Waals surface area contributed by atoms with Crippen molar-refractivity contribution in [2.45, 2.75) is 49.9 Å². The molecule has 0 aliphatic carbocycles. The van der Waals surface area contributed by atoms with Crippen molar-refractivity contribution in [3.05, 3.63) is 92.2 Å². The molecule has 2 fully saturated rings. The van der Waals surface area contributed by atoms with Crippen molar-refractivity contribution in [2.75, 3.05) is 24.7 Å². The molecule has 0 unspecified atom stereocenters. The molecule has 4 N–H and O–H groups in total. The van der Waals surface area contributed by atoms with E-state index in [1.54, 1.807) is 48.5 Å². The molecule has 4 aliphatic heterocycles. The van der Waals surface area contributed by atoms with Gasteiger partial charge in [0.15, 0.2) is 0 Å². The summed E-state index contributed by atoms with van der Waals surface area (Å²) < 4.78 is 9.68. The maximum atomic E-state index is 12.6. The van der Waals surface area contributed by atoms with E-state index in [2.05, 4.69) is 4.89 Å². The molecule has 0 aromatic heterocycles. The quantitative estimate of drug-likeness (QED) is 0.0336. The molecule has 25 heteroatoms. The predicted molar refractivity (Wildman–Crippen MR) is 219 cm³/mol. The summed E-state index contributed by atoms with van der Waals surface area (Å²) in [7, 11) is 0. The van der Waals surface area contributed by atoms with Crippen molar-refractivity contribution < 1.29 is 134 Å².